The lowest BCUT2D eigenvalue weighted by atomic mass is 10.2. The molecule has 6 heteroatoms. The molecule has 20 heavy (non-hydrogen) atoms. The zero-order valence-corrected chi connectivity index (χ0v) is 10.2. The normalized spacial score (nSPS) is 10.7. The van der Waals surface area contributed by atoms with Crippen LogP contribution in [-0.2, 0) is 0 Å². The van der Waals surface area contributed by atoms with Gasteiger partial charge in [-0.25, -0.2) is 9.82 Å². The van der Waals surface area contributed by atoms with Gasteiger partial charge in [-0.2, -0.15) is 5.10 Å². The molecular weight excluding hydrogens is 263 g/mol. The van der Waals surface area contributed by atoms with Crippen LogP contribution in [-0.4, -0.2) is 22.3 Å². The highest BCUT2D eigenvalue weighted by molar-refractivity contribution is 5.97. The summed E-state index contributed by atoms with van der Waals surface area (Å²) in [5.41, 5.74) is 2.33. The second-order valence-corrected chi connectivity index (χ2v) is 3.92. The zero-order chi connectivity index (χ0) is 14.5. The molecule has 0 radical (unpaired) electrons. The van der Waals surface area contributed by atoms with Crippen molar-refractivity contribution in [2.24, 2.45) is 5.10 Å². The van der Waals surface area contributed by atoms with E-state index in [1.807, 2.05) is 0 Å². The summed E-state index contributed by atoms with van der Waals surface area (Å²) in [5.74, 6) is -1.66. The van der Waals surface area contributed by atoms with Crippen LogP contribution < -0.4 is 5.43 Å². The van der Waals surface area contributed by atoms with Gasteiger partial charge in [0, 0.05) is 11.6 Å². The fourth-order valence-electron chi connectivity index (χ4n) is 1.51. The minimum atomic E-state index is -0.671. The number of hydrogen-bond acceptors (Lipinski definition) is 4. The van der Waals surface area contributed by atoms with E-state index in [-0.39, 0.29) is 22.6 Å². The number of nitrogens with zero attached hydrogens (tertiary/aromatic N) is 1. The third-order valence-corrected chi connectivity index (χ3v) is 2.50. The SMILES string of the molecule is O=C(NN=Cc1ccccc1F)c1ccc(O)cc1O. The second-order valence-electron chi connectivity index (χ2n) is 3.92. The molecule has 0 fully saturated rings. The number of nitrogens with one attached hydrogen (secondary N) is 1. The van der Waals surface area contributed by atoms with Gasteiger partial charge >= 0.3 is 0 Å². The number of halogens is 1. The fraction of sp³-hybridized carbons (Fsp3) is 0. The Morgan fingerprint density at radius 1 is 1.20 bits per heavy atom. The zero-order valence-electron chi connectivity index (χ0n) is 10.2. The molecule has 102 valence electrons. The van der Waals surface area contributed by atoms with Gasteiger partial charge in [0.25, 0.3) is 5.91 Å². The molecule has 0 aromatic heterocycles. The Kier molecular flexibility index (Phi) is 3.95. The topological polar surface area (TPSA) is 81.9 Å². The summed E-state index contributed by atoms with van der Waals surface area (Å²) < 4.78 is 13.3. The monoisotopic (exact) mass is 274 g/mol. The Labute approximate surface area is 114 Å². The summed E-state index contributed by atoms with van der Waals surface area (Å²) in [6.45, 7) is 0. The first-order valence-electron chi connectivity index (χ1n) is 5.68. The van der Waals surface area contributed by atoms with Crippen LogP contribution >= 0.6 is 0 Å². The predicted molar refractivity (Wildman–Crippen MR) is 71.2 cm³/mol. The molecule has 0 spiro atoms. The molecule has 2 aromatic carbocycles. The highest BCUT2D eigenvalue weighted by atomic mass is 19.1. The lowest BCUT2D eigenvalue weighted by molar-refractivity contribution is 0.0952. The van der Waals surface area contributed by atoms with E-state index in [1.54, 1.807) is 12.1 Å². The number of phenolic OH excluding ortho intramolecular Hbond substituents is 2. The van der Waals surface area contributed by atoms with Crippen molar-refractivity contribution in [2.45, 2.75) is 0 Å². The summed E-state index contributed by atoms with van der Waals surface area (Å²) in [7, 11) is 0. The second kappa shape index (κ2) is 5.83. The Morgan fingerprint density at radius 2 is 1.95 bits per heavy atom. The molecule has 0 aliphatic rings. The number of carbonyl (C=O) groups is 1. The third kappa shape index (κ3) is 3.11. The Morgan fingerprint density at radius 3 is 2.65 bits per heavy atom. The lowest BCUT2D eigenvalue weighted by Crippen LogP contribution is -2.17. The van der Waals surface area contributed by atoms with Gasteiger partial charge in [-0.15, -0.1) is 0 Å². The molecule has 2 rings (SSSR count). The van der Waals surface area contributed by atoms with Gasteiger partial charge in [-0.05, 0) is 18.2 Å². The van der Waals surface area contributed by atoms with Crippen LogP contribution in [0.4, 0.5) is 4.39 Å². The molecule has 2 aromatic rings. The summed E-state index contributed by atoms with van der Waals surface area (Å²) >= 11 is 0. The van der Waals surface area contributed by atoms with Crippen molar-refractivity contribution in [1.82, 2.24) is 5.43 Å². The molecule has 0 heterocycles. The number of carbonyl (C=O) groups excluding carboxylic acids is 1. The number of amides is 1. The number of benzene rings is 2. The number of aromatic hydroxyl groups is 2. The Balaban J connectivity index is 2.07. The predicted octanol–water partition coefficient (Wildman–Crippen LogP) is 2.00. The van der Waals surface area contributed by atoms with Crippen LogP contribution in [0.15, 0.2) is 47.6 Å². The largest absolute Gasteiger partial charge is 0.508 e. The van der Waals surface area contributed by atoms with Crippen LogP contribution in [0.2, 0.25) is 0 Å². The quantitative estimate of drug-likeness (QED) is 0.591. The van der Waals surface area contributed by atoms with E-state index in [1.165, 1.54) is 24.3 Å². The number of hydrogen-bond donors (Lipinski definition) is 3. The molecule has 5 nitrogen and oxygen atoms in total. The molecule has 0 bridgehead atoms. The molecule has 0 aliphatic heterocycles. The maximum atomic E-state index is 13.3. The Hall–Kier alpha value is -2.89. The van der Waals surface area contributed by atoms with Crippen molar-refractivity contribution in [1.29, 1.82) is 0 Å². The lowest BCUT2D eigenvalue weighted by Gasteiger charge is -2.03. The standard InChI is InChI=1S/C14H11FN2O3/c15-12-4-2-1-3-9(12)8-16-17-14(20)11-6-5-10(18)7-13(11)19/h1-8,18-19H,(H,17,20). The van der Waals surface area contributed by atoms with Crippen LogP contribution in [0.3, 0.4) is 0 Å². The molecule has 1 amide bonds. The minimum absolute atomic E-state index is 0.0477. The number of rotatable bonds is 3. The first-order valence-corrected chi connectivity index (χ1v) is 5.68. The molecule has 0 unspecified atom stereocenters. The molecule has 0 atom stereocenters. The van der Waals surface area contributed by atoms with Crippen LogP contribution in [0.25, 0.3) is 0 Å². The van der Waals surface area contributed by atoms with Crippen LogP contribution in [0, 0.1) is 5.82 Å². The first kappa shape index (κ1) is 13.5. The first-order chi connectivity index (χ1) is 9.58. The fourth-order valence-corrected chi connectivity index (χ4v) is 1.51. The van der Waals surface area contributed by atoms with E-state index < -0.39 is 11.7 Å². The van der Waals surface area contributed by atoms with E-state index in [0.29, 0.717) is 0 Å². The maximum absolute atomic E-state index is 13.3. The minimum Gasteiger partial charge on any atom is -0.508 e. The molecule has 0 aliphatic carbocycles. The van der Waals surface area contributed by atoms with E-state index in [9.17, 15) is 14.3 Å². The van der Waals surface area contributed by atoms with Gasteiger partial charge in [0.2, 0.25) is 0 Å². The number of hydrazone groups is 1. The summed E-state index contributed by atoms with van der Waals surface area (Å²) in [4.78, 5) is 11.7. The van der Waals surface area contributed by atoms with Gasteiger partial charge in [0.15, 0.2) is 0 Å². The highest BCUT2D eigenvalue weighted by Gasteiger charge is 2.10. The molecular formula is C14H11FN2O3. The van der Waals surface area contributed by atoms with Crippen LogP contribution in [0.1, 0.15) is 15.9 Å². The smallest absolute Gasteiger partial charge is 0.275 e. The third-order valence-electron chi connectivity index (χ3n) is 2.50. The maximum Gasteiger partial charge on any atom is 0.275 e. The van der Waals surface area contributed by atoms with Crippen molar-refractivity contribution in [2.75, 3.05) is 0 Å². The molecule has 0 saturated heterocycles. The molecule has 0 saturated carbocycles. The van der Waals surface area contributed by atoms with E-state index >= 15 is 0 Å². The van der Waals surface area contributed by atoms with E-state index in [2.05, 4.69) is 10.5 Å². The van der Waals surface area contributed by atoms with E-state index in [0.717, 1.165) is 12.3 Å². The summed E-state index contributed by atoms with van der Waals surface area (Å²) in [6.07, 6.45) is 1.16. The summed E-state index contributed by atoms with van der Waals surface area (Å²) in [6, 6.07) is 9.50. The van der Waals surface area contributed by atoms with Crippen molar-refractivity contribution < 1.29 is 19.4 Å². The van der Waals surface area contributed by atoms with Crippen LogP contribution in [0.5, 0.6) is 11.5 Å². The van der Waals surface area contributed by atoms with Crippen molar-refractivity contribution in [3.8, 4) is 11.5 Å². The molecule has 3 N–H and O–H groups in total. The van der Waals surface area contributed by atoms with Crippen molar-refractivity contribution >= 4 is 12.1 Å². The van der Waals surface area contributed by atoms with Gasteiger partial charge in [-0.3, -0.25) is 4.79 Å². The average molecular weight is 274 g/mol. The van der Waals surface area contributed by atoms with E-state index in [4.69, 9.17) is 5.11 Å². The average Bonchev–Trinajstić information content (AvgIpc) is 2.40. The Bertz CT molecular complexity index is 671. The summed E-state index contributed by atoms with van der Waals surface area (Å²) in [5, 5.41) is 22.2. The highest BCUT2D eigenvalue weighted by Crippen LogP contribution is 2.22. The number of phenols is 2. The van der Waals surface area contributed by atoms with Gasteiger partial charge in [-0.1, -0.05) is 18.2 Å². The van der Waals surface area contributed by atoms with Gasteiger partial charge in [0.05, 0.1) is 11.8 Å². The van der Waals surface area contributed by atoms with Crippen molar-refractivity contribution in [3.63, 3.8) is 0 Å². The van der Waals surface area contributed by atoms with Gasteiger partial charge in [0.1, 0.15) is 17.3 Å². The van der Waals surface area contributed by atoms with Gasteiger partial charge < -0.3 is 10.2 Å². The van der Waals surface area contributed by atoms with Crippen molar-refractivity contribution in [3.05, 3.63) is 59.4 Å².